The number of ketones is 1. The Morgan fingerprint density at radius 3 is 1.82 bits per heavy atom. The minimum absolute atomic E-state index is 0.0116. The molecule has 3 aliphatic heterocycles. The van der Waals surface area contributed by atoms with Gasteiger partial charge >= 0.3 is 5.97 Å². The number of methoxy groups -OCH3 is 2. The predicted molar refractivity (Wildman–Crippen MR) is 243 cm³/mol. The van der Waals surface area contributed by atoms with Crippen molar-refractivity contribution >= 4 is 11.8 Å². The molecule has 0 spiro atoms. The standard InChI is InChI=1S/C26H48O5.C12H25NO2.C11H22O4/c1-13-19-26(10,11)21(28)16(3)20(27)15(2)14-24(6,7)22(30-12)17(4)25(8,9)18(5)23(29)31-19;1-8-7-9(13(5)6)10(14)11(15-8)12(2,3)4;1-7(2)14-9-6-11(4,13-5)10(12)8(3)15-9/h15-19,21-22,28H,13-14H2,1-12H3;8-11,14H,7H2,1-6H3;7-10,12H,6H2,1-5H3. The fraction of sp³-hybridized carbons (Fsp3) is 0.959. The van der Waals surface area contributed by atoms with Gasteiger partial charge in [0.05, 0.1) is 54.2 Å². The van der Waals surface area contributed by atoms with E-state index in [1.165, 1.54) is 0 Å². The number of rotatable bonds is 6. The van der Waals surface area contributed by atoms with Crippen LogP contribution in [-0.4, -0.2) is 133 Å². The SMILES string of the molecule is CC1CC(N(C)C)C(O)C(C(C)(C)C)O1.CCC1OC(=O)C(C)C(C)(C)C(C)C(OC)C(C)(C)CC(C)C(=O)C(C)C(O)C1(C)C.COC1(C)CC(OC(C)C)OC(C)C1O. The Balaban J connectivity index is 0.000000514. The van der Waals surface area contributed by atoms with Gasteiger partial charge in [0.2, 0.25) is 0 Å². The molecule has 15 atom stereocenters. The molecule has 3 fully saturated rings. The lowest BCUT2D eigenvalue weighted by Gasteiger charge is -2.48. The third-order valence-corrected chi connectivity index (χ3v) is 14.7. The van der Waals surface area contributed by atoms with Gasteiger partial charge in [-0.15, -0.1) is 0 Å². The van der Waals surface area contributed by atoms with Crippen LogP contribution in [0.2, 0.25) is 0 Å². The van der Waals surface area contributed by atoms with Crippen molar-refractivity contribution < 1.29 is 53.3 Å². The molecule has 0 amide bonds. The molecule has 3 N–H and O–H groups in total. The summed E-state index contributed by atoms with van der Waals surface area (Å²) in [5.41, 5.74) is -2.02. The van der Waals surface area contributed by atoms with Crippen LogP contribution in [0.3, 0.4) is 0 Å². The van der Waals surface area contributed by atoms with Gasteiger partial charge in [-0.1, -0.05) is 96.9 Å². The normalized spacial score (nSPS) is 39.9. The number of ether oxygens (including phenoxy) is 6. The third kappa shape index (κ3) is 14.6. The second kappa shape index (κ2) is 22.8. The van der Waals surface area contributed by atoms with Crippen LogP contribution in [0.5, 0.6) is 0 Å². The van der Waals surface area contributed by atoms with Crippen molar-refractivity contribution in [2.75, 3.05) is 28.3 Å². The Labute approximate surface area is 372 Å². The number of likely N-dealkylation sites (N-methyl/N-ethyl adjacent to an activating group) is 1. The van der Waals surface area contributed by atoms with Crippen LogP contribution in [0, 0.1) is 45.3 Å². The van der Waals surface area contributed by atoms with E-state index in [1.54, 1.807) is 21.1 Å². The lowest BCUT2D eigenvalue weighted by Crippen LogP contribution is -2.57. The zero-order valence-electron chi connectivity index (χ0n) is 43.0. The first-order valence-electron chi connectivity index (χ1n) is 23.1. The molecular weight excluding hydrogens is 779 g/mol. The van der Waals surface area contributed by atoms with Crippen molar-refractivity contribution in [3.05, 3.63) is 0 Å². The summed E-state index contributed by atoms with van der Waals surface area (Å²) in [7, 11) is 7.35. The third-order valence-electron chi connectivity index (χ3n) is 14.7. The molecule has 0 aromatic heterocycles. The van der Waals surface area contributed by atoms with Gasteiger partial charge in [0.1, 0.15) is 18.0 Å². The van der Waals surface area contributed by atoms with Crippen LogP contribution < -0.4 is 0 Å². The number of carbonyl (C=O) groups excluding carboxylic acids is 2. The van der Waals surface area contributed by atoms with Crippen molar-refractivity contribution in [3.63, 3.8) is 0 Å². The van der Waals surface area contributed by atoms with Crippen LogP contribution in [0.1, 0.15) is 157 Å². The van der Waals surface area contributed by atoms with E-state index < -0.39 is 41.3 Å². The Hall–Kier alpha value is -1.22. The van der Waals surface area contributed by atoms with Gasteiger partial charge in [-0.3, -0.25) is 9.59 Å². The molecule has 0 bridgehead atoms. The minimum Gasteiger partial charge on any atom is -0.461 e. The molecule has 12 nitrogen and oxygen atoms in total. The Morgan fingerprint density at radius 1 is 0.836 bits per heavy atom. The molecule has 0 saturated carbocycles. The number of hydrogen-bond acceptors (Lipinski definition) is 12. The summed E-state index contributed by atoms with van der Waals surface area (Å²) in [6.45, 7) is 38.1. The van der Waals surface area contributed by atoms with Crippen LogP contribution in [0.25, 0.3) is 0 Å². The number of aliphatic hydroxyl groups excluding tert-OH is 3. The zero-order chi connectivity index (χ0) is 48.0. The summed E-state index contributed by atoms with van der Waals surface area (Å²) in [4.78, 5) is 28.7. The van der Waals surface area contributed by atoms with Crippen molar-refractivity contribution in [2.24, 2.45) is 45.3 Å². The van der Waals surface area contributed by atoms with Gasteiger partial charge in [0, 0.05) is 43.9 Å². The zero-order valence-corrected chi connectivity index (χ0v) is 43.0. The first-order valence-corrected chi connectivity index (χ1v) is 23.1. The monoisotopic (exact) mass is 874 g/mol. The number of carbonyl (C=O) groups is 2. The highest BCUT2D eigenvalue weighted by molar-refractivity contribution is 5.83. The molecule has 362 valence electrons. The highest BCUT2D eigenvalue weighted by Gasteiger charge is 2.50. The fourth-order valence-electron chi connectivity index (χ4n) is 9.94. The number of Topliss-reactive ketones (excluding diaryl/α,β-unsaturated/α-hetero) is 1. The average molecular weight is 874 g/mol. The van der Waals surface area contributed by atoms with Crippen molar-refractivity contribution in [1.29, 1.82) is 0 Å². The van der Waals surface area contributed by atoms with Crippen LogP contribution in [-0.2, 0) is 38.0 Å². The molecular formula is C49H95NO11. The van der Waals surface area contributed by atoms with Gasteiger partial charge in [-0.25, -0.2) is 0 Å². The van der Waals surface area contributed by atoms with Gasteiger partial charge < -0.3 is 48.6 Å². The molecule has 61 heavy (non-hydrogen) atoms. The lowest BCUT2D eigenvalue weighted by atomic mass is 9.62. The van der Waals surface area contributed by atoms with Gasteiger partial charge in [0.15, 0.2) is 6.29 Å². The highest BCUT2D eigenvalue weighted by atomic mass is 16.7. The molecule has 0 radical (unpaired) electrons. The van der Waals surface area contributed by atoms with Crippen molar-refractivity contribution in [3.8, 4) is 0 Å². The summed E-state index contributed by atoms with van der Waals surface area (Å²) in [6, 6.07) is 0.206. The molecule has 3 aliphatic rings. The quantitative estimate of drug-likeness (QED) is 0.221. The minimum atomic E-state index is -0.910. The summed E-state index contributed by atoms with van der Waals surface area (Å²) >= 11 is 0. The number of cyclic esters (lactones) is 1. The van der Waals surface area contributed by atoms with Gasteiger partial charge in [0.25, 0.3) is 0 Å². The Kier molecular flexibility index (Phi) is 21.6. The maximum atomic E-state index is 13.3. The largest absolute Gasteiger partial charge is 0.461 e. The fourth-order valence-corrected chi connectivity index (χ4v) is 9.94. The average Bonchev–Trinajstić information content (AvgIpc) is 3.14. The maximum Gasteiger partial charge on any atom is 0.309 e. The first-order chi connectivity index (χ1) is 27.6. The van der Waals surface area contributed by atoms with Crippen molar-refractivity contribution in [2.45, 2.75) is 230 Å². The smallest absolute Gasteiger partial charge is 0.309 e. The van der Waals surface area contributed by atoms with Crippen molar-refractivity contribution in [1.82, 2.24) is 4.90 Å². The second-order valence-corrected chi connectivity index (χ2v) is 22.5. The molecule has 0 aromatic rings. The number of aliphatic hydroxyl groups is 3. The first kappa shape index (κ1) is 57.8. The van der Waals surface area contributed by atoms with E-state index in [0.29, 0.717) is 19.3 Å². The molecule has 12 heteroatoms. The van der Waals surface area contributed by atoms with Gasteiger partial charge in [-0.05, 0) is 90.1 Å². The van der Waals surface area contributed by atoms with E-state index in [-0.39, 0.29) is 88.6 Å². The van der Waals surface area contributed by atoms with Gasteiger partial charge in [-0.2, -0.15) is 0 Å². The highest BCUT2D eigenvalue weighted by Crippen LogP contribution is 2.47. The summed E-state index contributed by atoms with van der Waals surface area (Å²) in [5.74, 6) is -1.29. The van der Waals surface area contributed by atoms with E-state index in [4.69, 9.17) is 28.4 Å². The van der Waals surface area contributed by atoms with E-state index in [2.05, 4.69) is 67.2 Å². The predicted octanol–water partition coefficient (Wildman–Crippen LogP) is 8.09. The molecule has 3 heterocycles. The number of nitrogens with zero attached hydrogens (tertiary/aromatic N) is 1. The van der Waals surface area contributed by atoms with Crippen LogP contribution in [0.15, 0.2) is 0 Å². The van der Waals surface area contributed by atoms with E-state index in [0.717, 1.165) is 6.42 Å². The molecule has 3 saturated heterocycles. The van der Waals surface area contributed by atoms with Crippen LogP contribution in [0.4, 0.5) is 0 Å². The topological polar surface area (TPSA) is 153 Å². The van der Waals surface area contributed by atoms with Crippen LogP contribution >= 0.6 is 0 Å². The number of esters is 1. The second-order valence-electron chi connectivity index (χ2n) is 22.5. The lowest BCUT2D eigenvalue weighted by molar-refractivity contribution is -0.285. The Morgan fingerprint density at radius 2 is 1.38 bits per heavy atom. The summed E-state index contributed by atoms with van der Waals surface area (Å²) in [6.07, 6.45) is -0.175. The molecule has 0 aliphatic carbocycles. The maximum absolute atomic E-state index is 13.3. The van der Waals surface area contributed by atoms with E-state index in [9.17, 15) is 24.9 Å². The summed E-state index contributed by atoms with van der Waals surface area (Å²) < 4.78 is 34.4. The summed E-state index contributed by atoms with van der Waals surface area (Å²) in [5, 5.41) is 31.4. The molecule has 0 aromatic carbocycles. The van der Waals surface area contributed by atoms with E-state index in [1.807, 2.05) is 76.4 Å². The number of hydrogen-bond donors (Lipinski definition) is 3. The molecule has 15 unspecified atom stereocenters. The van der Waals surface area contributed by atoms with E-state index >= 15 is 0 Å². The Bertz CT molecular complexity index is 1340. The molecule has 3 rings (SSSR count).